The zero-order valence-corrected chi connectivity index (χ0v) is 16.9. The summed E-state index contributed by atoms with van der Waals surface area (Å²) in [5, 5.41) is 3.32. The Kier molecular flexibility index (Phi) is 9.43. The molecule has 0 aromatic heterocycles. The first-order chi connectivity index (χ1) is 15.8. The summed E-state index contributed by atoms with van der Waals surface area (Å²) in [5.41, 5.74) is 9.01. The van der Waals surface area contributed by atoms with Crippen LogP contribution in [0.3, 0.4) is 0 Å². The van der Waals surface area contributed by atoms with E-state index in [-0.39, 0.29) is 32.7 Å². The maximum Gasteiger partial charge on any atom is 0.410 e. The summed E-state index contributed by atoms with van der Waals surface area (Å²) >= 11 is 0. The second-order valence-corrected chi connectivity index (χ2v) is 6.46. The van der Waals surface area contributed by atoms with Crippen LogP contribution in [0.5, 0.6) is 5.75 Å². The molecule has 0 radical (unpaired) electrons. The van der Waals surface area contributed by atoms with Crippen LogP contribution >= 0.6 is 0 Å². The Morgan fingerprint density at radius 3 is 2.15 bits per heavy atom. The zero-order valence-electron chi connectivity index (χ0n) is 16.9. The molecule has 0 bridgehead atoms. The smallest absolute Gasteiger partial charge is 0.410 e. The van der Waals surface area contributed by atoms with Crippen LogP contribution in [0.4, 0.5) is 26.7 Å². The van der Waals surface area contributed by atoms with Gasteiger partial charge in [-0.05, 0) is 17.5 Å². The minimum atomic E-state index is -2.39. The molecule has 13 heteroatoms. The van der Waals surface area contributed by atoms with Crippen LogP contribution in [0.25, 0.3) is 10.4 Å². The predicted octanol–water partition coefficient (Wildman–Crippen LogP) is 5.02. The largest absolute Gasteiger partial charge is 0.445 e. The number of benzene rings is 2. The summed E-state index contributed by atoms with van der Waals surface area (Å²) in [4.78, 5) is 28.0. The van der Waals surface area contributed by atoms with E-state index >= 15 is 0 Å². The van der Waals surface area contributed by atoms with Crippen molar-refractivity contribution in [3.8, 4) is 5.75 Å². The van der Waals surface area contributed by atoms with Crippen molar-refractivity contribution in [3.63, 3.8) is 0 Å². The van der Waals surface area contributed by atoms with Gasteiger partial charge in [-0.25, -0.2) is 18.0 Å². The number of esters is 1. The van der Waals surface area contributed by atoms with Gasteiger partial charge in [0.25, 0.3) is 0 Å². The first kappa shape index (κ1) is 25.4. The third kappa shape index (κ3) is 7.07. The van der Waals surface area contributed by atoms with E-state index in [0.717, 1.165) is 4.90 Å². The Labute approximate surface area is 184 Å². The lowest BCUT2D eigenvalue weighted by Gasteiger charge is -2.21. The molecule has 2 aromatic rings. The lowest BCUT2D eigenvalue weighted by Crippen LogP contribution is -2.35. The van der Waals surface area contributed by atoms with Crippen LogP contribution in [-0.4, -0.2) is 36.6 Å². The average molecular weight is 472 g/mol. The van der Waals surface area contributed by atoms with Crippen molar-refractivity contribution in [2.75, 3.05) is 19.6 Å². The minimum absolute atomic E-state index is 0.0115. The fourth-order valence-electron chi connectivity index (χ4n) is 2.55. The highest BCUT2D eigenvalue weighted by atomic mass is 19.2. The Bertz CT molecular complexity index is 1020. The summed E-state index contributed by atoms with van der Waals surface area (Å²) in [6, 6.07) is 8.65. The van der Waals surface area contributed by atoms with Gasteiger partial charge in [0, 0.05) is 24.5 Å². The molecule has 0 aliphatic rings. The molecule has 0 atom stereocenters. The van der Waals surface area contributed by atoms with E-state index < -0.39 is 53.3 Å². The first-order valence-corrected chi connectivity index (χ1v) is 9.44. The van der Waals surface area contributed by atoms with Gasteiger partial charge in [0.05, 0.1) is 6.42 Å². The number of azide groups is 1. The molecule has 0 fully saturated rings. The summed E-state index contributed by atoms with van der Waals surface area (Å²) < 4.78 is 76.4. The third-order valence-electron chi connectivity index (χ3n) is 4.18. The van der Waals surface area contributed by atoms with Crippen molar-refractivity contribution < 1.29 is 41.0 Å². The average Bonchev–Trinajstić information content (AvgIpc) is 2.82. The maximum atomic E-state index is 13.7. The van der Waals surface area contributed by atoms with Gasteiger partial charge in [0.2, 0.25) is 34.8 Å². The van der Waals surface area contributed by atoms with Gasteiger partial charge < -0.3 is 14.4 Å². The van der Waals surface area contributed by atoms with Crippen LogP contribution in [0.1, 0.15) is 18.4 Å². The number of carbonyl (C=O) groups excluding carboxylic acids is 2. The molecule has 0 saturated heterocycles. The molecule has 8 nitrogen and oxygen atoms in total. The number of nitrogens with zero attached hydrogens (tertiary/aromatic N) is 4. The Hall–Kier alpha value is -3.86. The lowest BCUT2D eigenvalue weighted by molar-refractivity contribution is -0.135. The number of carbonyl (C=O) groups is 2. The number of ether oxygens (including phenoxy) is 2. The Morgan fingerprint density at radius 1 is 0.939 bits per heavy atom. The predicted molar refractivity (Wildman–Crippen MR) is 103 cm³/mol. The maximum absolute atomic E-state index is 13.7. The van der Waals surface area contributed by atoms with Crippen molar-refractivity contribution in [1.82, 2.24) is 4.90 Å². The zero-order chi connectivity index (χ0) is 24.4. The van der Waals surface area contributed by atoms with E-state index in [9.17, 15) is 31.5 Å². The molecule has 176 valence electrons. The van der Waals surface area contributed by atoms with Gasteiger partial charge in [0.15, 0.2) is 0 Å². The minimum Gasteiger partial charge on any atom is -0.445 e. The molecule has 2 aromatic carbocycles. The highest BCUT2D eigenvalue weighted by Crippen LogP contribution is 2.29. The number of amides is 1. The summed E-state index contributed by atoms with van der Waals surface area (Å²) in [5.74, 6) is -14.6. The first-order valence-electron chi connectivity index (χ1n) is 9.44. The number of halogens is 5. The summed E-state index contributed by atoms with van der Waals surface area (Å²) in [6.07, 6.45) is -1.29. The number of hydrogen-bond acceptors (Lipinski definition) is 5. The monoisotopic (exact) mass is 472 g/mol. The second kappa shape index (κ2) is 12.2. The summed E-state index contributed by atoms with van der Waals surface area (Å²) in [6.45, 7) is -0.421. The van der Waals surface area contributed by atoms with Crippen molar-refractivity contribution in [3.05, 3.63) is 75.4 Å². The normalized spacial score (nSPS) is 10.3. The fourth-order valence-corrected chi connectivity index (χ4v) is 2.55. The van der Waals surface area contributed by atoms with Crippen molar-refractivity contribution in [2.45, 2.75) is 19.4 Å². The van der Waals surface area contributed by atoms with Gasteiger partial charge >= 0.3 is 12.1 Å². The molecule has 2 rings (SSSR count). The molecule has 0 aliphatic carbocycles. The SMILES string of the molecule is [N-]=[N+]=NCCCN(CCC(=O)Oc1c(F)c(F)c(F)c(F)c1F)C(=O)OCc1ccccc1. The van der Waals surface area contributed by atoms with Crippen LogP contribution < -0.4 is 4.74 Å². The van der Waals surface area contributed by atoms with Crippen molar-refractivity contribution >= 4 is 12.1 Å². The topological polar surface area (TPSA) is 105 Å². The second-order valence-electron chi connectivity index (χ2n) is 6.46. The highest BCUT2D eigenvalue weighted by Gasteiger charge is 2.29. The van der Waals surface area contributed by atoms with Crippen LogP contribution in [-0.2, 0) is 16.1 Å². The standard InChI is InChI=1S/C20H17F5N4O4/c21-14-15(22)17(24)19(18(25)16(14)23)33-13(30)7-10-29(9-4-8-27-28-26)20(31)32-11-12-5-2-1-3-6-12/h1-3,5-6H,4,7-11H2. The van der Waals surface area contributed by atoms with Crippen LogP contribution in [0, 0.1) is 29.1 Å². The lowest BCUT2D eigenvalue weighted by atomic mass is 10.2. The van der Waals surface area contributed by atoms with E-state index in [1.807, 2.05) is 0 Å². The molecular formula is C20H17F5N4O4. The molecule has 0 saturated carbocycles. The molecule has 0 aliphatic heterocycles. The van der Waals surface area contributed by atoms with Gasteiger partial charge in [-0.3, -0.25) is 4.79 Å². The van der Waals surface area contributed by atoms with Crippen LogP contribution in [0.2, 0.25) is 0 Å². The van der Waals surface area contributed by atoms with Crippen molar-refractivity contribution in [2.24, 2.45) is 5.11 Å². The van der Waals surface area contributed by atoms with E-state index in [1.165, 1.54) is 0 Å². The van der Waals surface area contributed by atoms with Gasteiger partial charge in [-0.15, -0.1) is 0 Å². The summed E-state index contributed by atoms with van der Waals surface area (Å²) in [7, 11) is 0. The molecule has 33 heavy (non-hydrogen) atoms. The van der Waals surface area contributed by atoms with Crippen LogP contribution in [0.15, 0.2) is 35.4 Å². The molecule has 0 unspecified atom stereocenters. The Morgan fingerprint density at radius 2 is 1.55 bits per heavy atom. The molecule has 0 spiro atoms. The third-order valence-corrected chi connectivity index (χ3v) is 4.18. The molecule has 0 heterocycles. The van der Waals surface area contributed by atoms with E-state index in [2.05, 4.69) is 14.8 Å². The van der Waals surface area contributed by atoms with E-state index in [0.29, 0.717) is 5.56 Å². The van der Waals surface area contributed by atoms with Gasteiger partial charge in [-0.2, -0.15) is 8.78 Å². The molecule has 0 N–H and O–H groups in total. The van der Waals surface area contributed by atoms with Crippen molar-refractivity contribution in [1.29, 1.82) is 0 Å². The van der Waals surface area contributed by atoms with E-state index in [1.54, 1.807) is 30.3 Å². The van der Waals surface area contributed by atoms with Gasteiger partial charge in [-0.1, -0.05) is 35.4 Å². The fraction of sp³-hybridized carbons (Fsp3) is 0.300. The number of hydrogen-bond donors (Lipinski definition) is 0. The molecular weight excluding hydrogens is 455 g/mol. The Balaban J connectivity index is 2.02. The highest BCUT2D eigenvalue weighted by molar-refractivity contribution is 5.74. The quantitative estimate of drug-likeness (QED) is 0.0557. The molecule has 1 amide bonds. The van der Waals surface area contributed by atoms with Gasteiger partial charge in [0.1, 0.15) is 6.61 Å². The number of rotatable bonds is 10. The van der Waals surface area contributed by atoms with E-state index in [4.69, 9.17) is 10.3 Å².